The monoisotopic (exact) mass is 349 g/mol. The van der Waals surface area contributed by atoms with Crippen LogP contribution in [0.2, 0.25) is 0 Å². The number of hydrogen-bond donors (Lipinski definition) is 1. The summed E-state index contributed by atoms with van der Waals surface area (Å²) in [6.45, 7) is 8.29. The minimum atomic E-state index is -0.362. The van der Waals surface area contributed by atoms with E-state index >= 15 is 0 Å². The van der Waals surface area contributed by atoms with E-state index in [0.717, 1.165) is 45.6 Å². The summed E-state index contributed by atoms with van der Waals surface area (Å²) in [4.78, 5) is 19.3. The van der Waals surface area contributed by atoms with Crippen molar-refractivity contribution in [1.29, 1.82) is 0 Å². The smallest absolute Gasteiger partial charge is 0.274 e. The number of amides is 1. The lowest BCUT2D eigenvalue weighted by molar-refractivity contribution is 0.0224. The molecule has 1 amide bonds. The van der Waals surface area contributed by atoms with Gasteiger partial charge in [-0.25, -0.2) is 0 Å². The zero-order valence-corrected chi connectivity index (χ0v) is 15.5. The van der Waals surface area contributed by atoms with Gasteiger partial charge in [-0.15, -0.1) is 0 Å². The zero-order valence-electron chi connectivity index (χ0n) is 15.5. The molecular formula is C18H31N5O2. The molecule has 2 fully saturated rings. The van der Waals surface area contributed by atoms with Crippen LogP contribution in [0, 0.1) is 0 Å². The SMILES string of the molecule is CCCn1ccc(C(=O)N2CC[C@H](O)[C@@H](N3CCN(C)CC3)CC2)n1. The molecule has 7 heteroatoms. The van der Waals surface area contributed by atoms with E-state index in [1.54, 1.807) is 6.07 Å². The van der Waals surface area contributed by atoms with Crippen molar-refractivity contribution < 1.29 is 9.90 Å². The molecule has 0 unspecified atom stereocenters. The fourth-order valence-corrected chi connectivity index (χ4v) is 3.85. The molecule has 2 atom stereocenters. The number of likely N-dealkylation sites (N-methyl/N-ethyl adjacent to an activating group) is 1. The van der Waals surface area contributed by atoms with Gasteiger partial charge in [-0.1, -0.05) is 6.92 Å². The first-order valence-corrected chi connectivity index (χ1v) is 9.52. The number of rotatable bonds is 4. The molecule has 0 aromatic carbocycles. The highest BCUT2D eigenvalue weighted by atomic mass is 16.3. The number of carbonyl (C=O) groups excluding carboxylic acids is 1. The van der Waals surface area contributed by atoms with Gasteiger partial charge in [-0.3, -0.25) is 14.4 Å². The van der Waals surface area contributed by atoms with Gasteiger partial charge in [0, 0.05) is 58.1 Å². The summed E-state index contributed by atoms with van der Waals surface area (Å²) in [5, 5.41) is 15.0. The first-order valence-electron chi connectivity index (χ1n) is 9.52. The second kappa shape index (κ2) is 8.29. The van der Waals surface area contributed by atoms with Crippen molar-refractivity contribution in [2.24, 2.45) is 0 Å². The number of aryl methyl sites for hydroxylation is 1. The fraction of sp³-hybridized carbons (Fsp3) is 0.778. The van der Waals surface area contributed by atoms with Crippen molar-refractivity contribution in [3.63, 3.8) is 0 Å². The highest BCUT2D eigenvalue weighted by Gasteiger charge is 2.32. The summed E-state index contributed by atoms with van der Waals surface area (Å²) in [6, 6.07) is 1.96. The predicted molar refractivity (Wildman–Crippen MR) is 96.5 cm³/mol. The van der Waals surface area contributed by atoms with Crippen molar-refractivity contribution in [2.75, 3.05) is 46.3 Å². The largest absolute Gasteiger partial charge is 0.391 e. The number of aliphatic hydroxyl groups excluding tert-OH is 1. The van der Waals surface area contributed by atoms with Gasteiger partial charge in [0.1, 0.15) is 5.69 Å². The second-order valence-electron chi connectivity index (χ2n) is 7.31. The molecule has 1 aromatic rings. The third kappa shape index (κ3) is 4.40. The maximum Gasteiger partial charge on any atom is 0.274 e. The van der Waals surface area contributed by atoms with Crippen LogP contribution >= 0.6 is 0 Å². The van der Waals surface area contributed by atoms with Crippen molar-refractivity contribution in [1.82, 2.24) is 24.5 Å². The Morgan fingerprint density at radius 3 is 2.64 bits per heavy atom. The number of piperazine rings is 1. The summed E-state index contributed by atoms with van der Waals surface area (Å²) in [5.41, 5.74) is 0.515. The first kappa shape index (κ1) is 18.4. The maximum atomic E-state index is 12.8. The van der Waals surface area contributed by atoms with Crippen LogP contribution in [0.1, 0.15) is 36.7 Å². The average Bonchev–Trinajstić information content (AvgIpc) is 2.98. The lowest BCUT2D eigenvalue weighted by Crippen LogP contribution is -2.52. The third-order valence-electron chi connectivity index (χ3n) is 5.44. The van der Waals surface area contributed by atoms with Crippen LogP contribution in [0.5, 0.6) is 0 Å². The standard InChI is InChI=1S/C18H31N5O2/c1-3-7-23-10-4-15(19-23)18(25)22-8-5-16(17(24)6-9-22)21-13-11-20(2)12-14-21/h4,10,16-17,24H,3,5-9,11-14H2,1-2H3/t16-,17-/m0/s1. The number of carbonyl (C=O) groups is 1. The molecule has 1 aromatic heterocycles. The van der Waals surface area contributed by atoms with Crippen molar-refractivity contribution >= 4 is 5.91 Å². The second-order valence-corrected chi connectivity index (χ2v) is 7.31. The van der Waals surface area contributed by atoms with E-state index in [4.69, 9.17) is 0 Å². The predicted octanol–water partition coefficient (Wildman–Crippen LogP) is 0.506. The molecule has 0 aliphatic carbocycles. The van der Waals surface area contributed by atoms with Gasteiger partial charge in [0.25, 0.3) is 5.91 Å². The Balaban J connectivity index is 1.60. The normalized spacial score (nSPS) is 26.6. The van der Waals surface area contributed by atoms with E-state index in [2.05, 4.69) is 28.9 Å². The van der Waals surface area contributed by atoms with E-state index in [0.29, 0.717) is 25.2 Å². The van der Waals surface area contributed by atoms with Gasteiger partial charge < -0.3 is 14.9 Å². The van der Waals surface area contributed by atoms with E-state index in [1.807, 2.05) is 15.8 Å². The highest BCUT2D eigenvalue weighted by molar-refractivity contribution is 5.92. The molecule has 3 heterocycles. The molecule has 0 radical (unpaired) electrons. The molecule has 3 rings (SSSR count). The third-order valence-corrected chi connectivity index (χ3v) is 5.44. The van der Waals surface area contributed by atoms with Crippen LogP contribution in [-0.4, -0.2) is 94.0 Å². The number of aliphatic hydroxyl groups is 1. The molecule has 2 aliphatic heterocycles. The Hall–Kier alpha value is -1.44. The van der Waals surface area contributed by atoms with Gasteiger partial charge in [-0.05, 0) is 32.4 Å². The van der Waals surface area contributed by atoms with Gasteiger partial charge in [0.05, 0.1) is 6.10 Å². The summed E-state index contributed by atoms with van der Waals surface area (Å²) < 4.78 is 1.83. The molecule has 140 valence electrons. The first-order chi connectivity index (χ1) is 12.1. The fourth-order valence-electron chi connectivity index (χ4n) is 3.85. The summed E-state index contributed by atoms with van der Waals surface area (Å²) in [7, 11) is 2.14. The molecule has 0 bridgehead atoms. The van der Waals surface area contributed by atoms with Crippen LogP contribution in [0.4, 0.5) is 0 Å². The molecular weight excluding hydrogens is 318 g/mol. The number of hydrogen-bond acceptors (Lipinski definition) is 5. The van der Waals surface area contributed by atoms with Crippen LogP contribution in [0.3, 0.4) is 0 Å². The van der Waals surface area contributed by atoms with Gasteiger partial charge in [0.15, 0.2) is 0 Å². The topological polar surface area (TPSA) is 64.8 Å². The van der Waals surface area contributed by atoms with E-state index < -0.39 is 0 Å². The zero-order chi connectivity index (χ0) is 17.8. The molecule has 0 saturated carbocycles. The number of likely N-dealkylation sites (tertiary alicyclic amines) is 1. The Morgan fingerprint density at radius 1 is 1.20 bits per heavy atom. The van der Waals surface area contributed by atoms with Gasteiger partial charge in [0.2, 0.25) is 0 Å². The maximum absolute atomic E-state index is 12.8. The quantitative estimate of drug-likeness (QED) is 0.858. The van der Waals surface area contributed by atoms with E-state index in [1.165, 1.54) is 0 Å². The van der Waals surface area contributed by atoms with Gasteiger partial charge in [-0.2, -0.15) is 5.10 Å². The summed E-state index contributed by atoms with van der Waals surface area (Å²) in [5.74, 6) is -0.0129. The Kier molecular flexibility index (Phi) is 6.09. The number of nitrogens with zero attached hydrogens (tertiary/aromatic N) is 5. The van der Waals surface area contributed by atoms with Crippen molar-refractivity contribution in [3.05, 3.63) is 18.0 Å². The lowest BCUT2D eigenvalue weighted by Gasteiger charge is -2.39. The molecule has 2 aliphatic rings. The molecule has 2 saturated heterocycles. The number of aromatic nitrogens is 2. The Labute approximate surface area is 150 Å². The lowest BCUT2D eigenvalue weighted by atomic mass is 10.0. The van der Waals surface area contributed by atoms with Gasteiger partial charge >= 0.3 is 0 Å². The minimum Gasteiger partial charge on any atom is -0.391 e. The van der Waals surface area contributed by atoms with Crippen molar-refractivity contribution in [2.45, 2.75) is 44.9 Å². The summed E-state index contributed by atoms with van der Waals surface area (Å²) >= 11 is 0. The average molecular weight is 349 g/mol. The highest BCUT2D eigenvalue weighted by Crippen LogP contribution is 2.20. The van der Waals surface area contributed by atoms with Crippen LogP contribution in [0.25, 0.3) is 0 Å². The van der Waals surface area contributed by atoms with Crippen molar-refractivity contribution in [3.8, 4) is 0 Å². The van der Waals surface area contributed by atoms with Crippen LogP contribution < -0.4 is 0 Å². The van der Waals surface area contributed by atoms with E-state index in [-0.39, 0.29) is 18.1 Å². The Morgan fingerprint density at radius 2 is 1.92 bits per heavy atom. The molecule has 0 spiro atoms. The Bertz CT molecular complexity index is 568. The van der Waals surface area contributed by atoms with Crippen LogP contribution in [0.15, 0.2) is 12.3 Å². The molecule has 25 heavy (non-hydrogen) atoms. The molecule has 7 nitrogen and oxygen atoms in total. The minimum absolute atomic E-state index is 0.0129. The van der Waals surface area contributed by atoms with E-state index in [9.17, 15) is 9.90 Å². The molecule has 1 N–H and O–H groups in total. The van der Waals surface area contributed by atoms with Crippen LogP contribution in [-0.2, 0) is 6.54 Å². The summed E-state index contributed by atoms with van der Waals surface area (Å²) in [6.07, 6.45) is 3.97.